The standard InChI is InChI=1S/C16H31BN6O7/c1-10(2)7-14(17(27)28)21-15(26)12(8-13(25)9-20-11(3)24)5-4-6-19-16(18)22-23(29)30/h10,12,14,27-28H,4-9H2,1-3H3,(H,20,24)(H,21,26)(H3,18,19,22)/t12-,14+/m1/s1. The van der Waals surface area contributed by atoms with Gasteiger partial charge in [0.05, 0.1) is 12.5 Å². The molecule has 0 saturated heterocycles. The van der Waals surface area contributed by atoms with E-state index in [-0.39, 0.29) is 49.5 Å². The Balaban J connectivity index is 5.03. The molecule has 0 aliphatic carbocycles. The zero-order chi connectivity index (χ0) is 23.3. The summed E-state index contributed by atoms with van der Waals surface area (Å²) in [7, 11) is -1.76. The van der Waals surface area contributed by atoms with Crippen molar-refractivity contribution in [1.29, 1.82) is 0 Å². The van der Waals surface area contributed by atoms with Gasteiger partial charge in [0.15, 0.2) is 10.8 Å². The molecule has 0 heterocycles. The Morgan fingerprint density at radius 3 is 2.40 bits per heavy atom. The molecule has 2 atom stereocenters. The van der Waals surface area contributed by atoms with Crippen molar-refractivity contribution in [2.24, 2.45) is 22.6 Å². The summed E-state index contributed by atoms with van der Waals surface area (Å²) in [4.78, 5) is 49.7. The third-order valence-corrected chi connectivity index (χ3v) is 3.99. The van der Waals surface area contributed by atoms with Gasteiger partial charge in [0, 0.05) is 25.8 Å². The van der Waals surface area contributed by atoms with Gasteiger partial charge in [-0.2, -0.15) is 0 Å². The third-order valence-electron chi connectivity index (χ3n) is 3.99. The topological polar surface area (TPSA) is 209 Å². The molecule has 0 spiro atoms. The van der Waals surface area contributed by atoms with Crippen molar-refractivity contribution >= 4 is 30.7 Å². The lowest BCUT2D eigenvalue weighted by molar-refractivity contribution is -0.525. The maximum atomic E-state index is 12.7. The normalized spacial score (nSPS) is 13.3. The molecule has 30 heavy (non-hydrogen) atoms. The number of Topliss-reactive ketones (excluding diaryl/α,β-unsaturated/α-hetero) is 1. The van der Waals surface area contributed by atoms with E-state index in [2.05, 4.69) is 15.6 Å². The molecule has 0 aromatic carbocycles. The summed E-state index contributed by atoms with van der Waals surface area (Å²) in [5.74, 6) is -3.29. The van der Waals surface area contributed by atoms with Crippen LogP contribution in [0.2, 0.25) is 0 Å². The lowest BCUT2D eigenvalue weighted by Gasteiger charge is -2.23. The second-order valence-corrected chi connectivity index (χ2v) is 7.29. The summed E-state index contributed by atoms with van der Waals surface area (Å²) in [5.41, 5.74) is 7.00. The maximum Gasteiger partial charge on any atom is 0.475 e. The third kappa shape index (κ3) is 13.4. The quantitative estimate of drug-likeness (QED) is 0.0454. The van der Waals surface area contributed by atoms with Crippen molar-refractivity contribution in [2.45, 2.75) is 52.4 Å². The maximum absolute atomic E-state index is 12.7. The number of rotatable bonds is 14. The highest BCUT2D eigenvalue weighted by Crippen LogP contribution is 2.15. The van der Waals surface area contributed by atoms with Gasteiger partial charge in [-0.15, -0.1) is 0 Å². The van der Waals surface area contributed by atoms with Gasteiger partial charge in [0.2, 0.25) is 11.8 Å². The van der Waals surface area contributed by atoms with E-state index in [1.54, 1.807) is 5.43 Å². The largest absolute Gasteiger partial charge is 0.475 e. The van der Waals surface area contributed by atoms with E-state index in [0.29, 0.717) is 12.8 Å². The van der Waals surface area contributed by atoms with Crippen molar-refractivity contribution in [1.82, 2.24) is 16.1 Å². The van der Waals surface area contributed by atoms with Crippen molar-refractivity contribution in [2.75, 3.05) is 13.1 Å². The van der Waals surface area contributed by atoms with Gasteiger partial charge in [0.25, 0.3) is 5.96 Å². The van der Waals surface area contributed by atoms with E-state index < -0.39 is 29.9 Å². The highest BCUT2D eigenvalue weighted by molar-refractivity contribution is 6.43. The Bertz CT molecular complexity index is 629. The predicted molar refractivity (Wildman–Crippen MR) is 109 cm³/mol. The van der Waals surface area contributed by atoms with Crippen LogP contribution in [0.1, 0.15) is 46.5 Å². The fourth-order valence-electron chi connectivity index (χ4n) is 2.63. The van der Waals surface area contributed by atoms with Crippen molar-refractivity contribution in [3.8, 4) is 0 Å². The number of carbonyl (C=O) groups is 3. The molecule has 0 radical (unpaired) electrons. The molecule has 13 nitrogen and oxygen atoms in total. The molecule has 0 aliphatic rings. The van der Waals surface area contributed by atoms with Gasteiger partial charge >= 0.3 is 7.12 Å². The Morgan fingerprint density at radius 2 is 1.90 bits per heavy atom. The molecule has 0 fully saturated rings. The number of aliphatic imine (C=N–C) groups is 1. The first-order valence-electron chi connectivity index (χ1n) is 9.56. The van der Waals surface area contributed by atoms with Crippen LogP contribution in [-0.4, -0.2) is 64.8 Å². The fourth-order valence-corrected chi connectivity index (χ4v) is 2.63. The van der Waals surface area contributed by atoms with Gasteiger partial charge in [0.1, 0.15) is 0 Å². The Labute approximate surface area is 175 Å². The lowest BCUT2D eigenvalue weighted by atomic mass is 9.74. The van der Waals surface area contributed by atoms with E-state index in [0.717, 1.165) is 0 Å². The van der Waals surface area contributed by atoms with E-state index in [9.17, 15) is 34.5 Å². The Hall–Kier alpha value is -2.74. The molecule has 7 N–H and O–H groups in total. The highest BCUT2D eigenvalue weighted by atomic mass is 16.7. The smallest absolute Gasteiger partial charge is 0.426 e. The molecule has 14 heteroatoms. The molecule has 0 rings (SSSR count). The zero-order valence-electron chi connectivity index (χ0n) is 17.5. The van der Waals surface area contributed by atoms with E-state index in [4.69, 9.17) is 5.73 Å². The Morgan fingerprint density at radius 1 is 1.27 bits per heavy atom. The van der Waals surface area contributed by atoms with Crippen LogP contribution in [0.25, 0.3) is 0 Å². The van der Waals surface area contributed by atoms with Crippen LogP contribution in [0.5, 0.6) is 0 Å². The average molecular weight is 430 g/mol. The Kier molecular flexibility index (Phi) is 13.0. The SMILES string of the molecule is CC(=O)NCC(=O)C[C@@H](CCCN=C(N)N[N+](=O)[O-])C(=O)N[C@@H](CC(C)C)B(O)O. The highest BCUT2D eigenvalue weighted by Gasteiger charge is 2.29. The van der Waals surface area contributed by atoms with Crippen LogP contribution < -0.4 is 21.8 Å². The zero-order valence-corrected chi connectivity index (χ0v) is 17.5. The van der Waals surface area contributed by atoms with Crippen LogP contribution in [0.3, 0.4) is 0 Å². The minimum Gasteiger partial charge on any atom is -0.426 e. The number of hydrazine groups is 1. The second-order valence-electron chi connectivity index (χ2n) is 7.29. The number of nitrogens with one attached hydrogen (secondary N) is 3. The summed E-state index contributed by atoms with van der Waals surface area (Å²) in [6.45, 7) is 4.83. The van der Waals surface area contributed by atoms with E-state index in [1.807, 2.05) is 13.8 Å². The van der Waals surface area contributed by atoms with Gasteiger partial charge in [-0.1, -0.05) is 19.3 Å². The number of amides is 2. The number of nitrogens with zero attached hydrogens (tertiary/aromatic N) is 2. The summed E-state index contributed by atoms with van der Waals surface area (Å²) in [5, 5.41) is 33.3. The predicted octanol–water partition coefficient (Wildman–Crippen LogP) is -1.88. The number of hydrogen-bond donors (Lipinski definition) is 6. The number of ketones is 1. The minimum absolute atomic E-state index is 0.0778. The second kappa shape index (κ2) is 14.3. The molecule has 170 valence electrons. The summed E-state index contributed by atoms with van der Waals surface area (Å²) >= 11 is 0. The number of nitrogens with two attached hydrogens (primary N) is 1. The fraction of sp³-hybridized carbons (Fsp3) is 0.750. The first-order valence-corrected chi connectivity index (χ1v) is 9.56. The van der Waals surface area contributed by atoms with Crippen LogP contribution in [0.4, 0.5) is 0 Å². The molecule has 0 aliphatic heterocycles. The summed E-state index contributed by atoms with van der Waals surface area (Å²) < 4.78 is 0. The molecule has 0 aromatic rings. The number of guanidine groups is 1. The lowest BCUT2D eigenvalue weighted by Crippen LogP contribution is -2.49. The molecular weight excluding hydrogens is 399 g/mol. The summed E-state index contributed by atoms with van der Waals surface area (Å²) in [6, 6.07) is 0. The van der Waals surface area contributed by atoms with Crippen LogP contribution in [0.15, 0.2) is 4.99 Å². The van der Waals surface area contributed by atoms with Gasteiger partial charge < -0.3 is 26.4 Å². The molecule has 0 bridgehead atoms. The van der Waals surface area contributed by atoms with Crippen LogP contribution in [0, 0.1) is 22.0 Å². The van der Waals surface area contributed by atoms with Gasteiger partial charge in [-0.3, -0.25) is 14.4 Å². The van der Waals surface area contributed by atoms with Gasteiger partial charge in [-0.05, 0) is 25.2 Å². The molecule has 0 aromatic heterocycles. The molecule has 0 unspecified atom stereocenters. The summed E-state index contributed by atoms with van der Waals surface area (Å²) in [6.07, 6.45) is 0.642. The number of nitro groups is 1. The van der Waals surface area contributed by atoms with Crippen molar-refractivity contribution < 1.29 is 29.5 Å². The monoisotopic (exact) mass is 430 g/mol. The molecule has 2 amide bonds. The van der Waals surface area contributed by atoms with Gasteiger partial charge in [-0.25, -0.2) is 15.1 Å². The average Bonchev–Trinajstić information content (AvgIpc) is 2.60. The van der Waals surface area contributed by atoms with Crippen molar-refractivity contribution in [3.63, 3.8) is 0 Å². The van der Waals surface area contributed by atoms with Crippen molar-refractivity contribution in [3.05, 3.63) is 10.1 Å². The van der Waals surface area contributed by atoms with E-state index in [1.165, 1.54) is 6.92 Å². The van der Waals surface area contributed by atoms with Crippen LogP contribution in [-0.2, 0) is 14.4 Å². The number of hydrogen-bond acceptors (Lipinski definition) is 8. The minimum atomic E-state index is -1.76. The number of carbonyl (C=O) groups excluding carboxylic acids is 3. The van der Waals surface area contributed by atoms with Crippen LogP contribution >= 0.6 is 0 Å². The first-order chi connectivity index (χ1) is 13.9. The molecule has 0 saturated carbocycles. The first kappa shape index (κ1) is 27.3. The molecular formula is C16H31BN6O7. The van der Waals surface area contributed by atoms with E-state index >= 15 is 0 Å².